The molecule has 4 rings (SSSR count). The molecule has 1 amide bonds. The Balaban J connectivity index is 1.66. The highest BCUT2D eigenvalue weighted by atomic mass is 16.5. The van der Waals surface area contributed by atoms with Crippen molar-refractivity contribution in [2.45, 2.75) is 32.9 Å². The molecule has 0 saturated carbocycles. The Kier molecular flexibility index (Phi) is 7.51. The Labute approximate surface area is 207 Å². The van der Waals surface area contributed by atoms with Crippen molar-refractivity contribution in [1.82, 2.24) is 9.91 Å². The molecule has 3 aromatic carbocycles. The second-order valence-electron chi connectivity index (χ2n) is 9.09. The van der Waals surface area contributed by atoms with Gasteiger partial charge in [0.05, 0.1) is 32.5 Å². The van der Waals surface area contributed by atoms with Gasteiger partial charge in [-0.1, -0.05) is 54.1 Å². The monoisotopic (exact) mass is 471 g/mol. The van der Waals surface area contributed by atoms with Crippen molar-refractivity contribution >= 4 is 11.6 Å². The maximum absolute atomic E-state index is 13.6. The molecule has 0 radical (unpaired) electrons. The molecule has 1 unspecified atom stereocenters. The van der Waals surface area contributed by atoms with Gasteiger partial charge < -0.3 is 9.47 Å². The maximum Gasteiger partial charge on any atom is 0.257 e. The second-order valence-corrected chi connectivity index (χ2v) is 9.09. The molecule has 0 aliphatic carbocycles. The summed E-state index contributed by atoms with van der Waals surface area (Å²) >= 11 is 0. The van der Waals surface area contributed by atoms with Gasteiger partial charge in [0.1, 0.15) is 11.5 Å². The van der Waals surface area contributed by atoms with Crippen molar-refractivity contribution in [2.75, 3.05) is 27.8 Å². The number of amides is 1. The zero-order chi connectivity index (χ0) is 24.9. The Morgan fingerprint density at radius 1 is 1.03 bits per heavy atom. The van der Waals surface area contributed by atoms with E-state index in [1.165, 1.54) is 5.56 Å². The van der Waals surface area contributed by atoms with Crippen LogP contribution in [-0.2, 0) is 11.3 Å². The summed E-state index contributed by atoms with van der Waals surface area (Å²) < 4.78 is 11.2. The first-order chi connectivity index (χ1) is 16.9. The number of ether oxygens (including phenoxy) is 2. The molecular formula is C29H33N3O3. The molecule has 0 spiro atoms. The number of hydrazone groups is 1. The molecule has 6 nitrogen and oxygen atoms in total. The molecule has 0 saturated heterocycles. The van der Waals surface area contributed by atoms with Crippen LogP contribution in [-0.4, -0.2) is 49.3 Å². The molecule has 1 atom stereocenters. The normalized spacial score (nSPS) is 15.3. The summed E-state index contributed by atoms with van der Waals surface area (Å²) in [5.41, 5.74) is 6.36. The van der Waals surface area contributed by atoms with Crippen LogP contribution in [0.25, 0.3) is 0 Å². The summed E-state index contributed by atoms with van der Waals surface area (Å²) in [6.07, 6.45) is 0.599. The van der Waals surface area contributed by atoms with Crippen LogP contribution in [0, 0.1) is 13.8 Å². The molecule has 182 valence electrons. The van der Waals surface area contributed by atoms with Crippen molar-refractivity contribution in [2.24, 2.45) is 5.10 Å². The third-order valence-corrected chi connectivity index (χ3v) is 6.36. The van der Waals surface area contributed by atoms with Gasteiger partial charge in [-0.2, -0.15) is 5.10 Å². The number of benzene rings is 3. The van der Waals surface area contributed by atoms with E-state index in [-0.39, 0.29) is 18.5 Å². The first kappa shape index (κ1) is 24.5. The first-order valence-electron chi connectivity index (χ1n) is 11.8. The number of hydrogen-bond donors (Lipinski definition) is 0. The standard InChI is InChI=1S/C29H33N3O3/c1-20-11-13-24(21(2)15-20)26-17-27(25-16-23(34-4)12-14-28(25)35-5)32(30-26)29(33)19-31(3)18-22-9-7-6-8-10-22/h6-16,27H,17-19H2,1-5H3. The molecule has 0 aromatic heterocycles. The molecule has 1 aliphatic heterocycles. The average molecular weight is 472 g/mol. The van der Waals surface area contributed by atoms with Gasteiger partial charge in [0.15, 0.2) is 0 Å². The molecule has 35 heavy (non-hydrogen) atoms. The molecular weight excluding hydrogens is 438 g/mol. The number of aryl methyl sites for hydroxylation is 2. The van der Waals surface area contributed by atoms with Crippen LogP contribution in [0.5, 0.6) is 11.5 Å². The van der Waals surface area contributed by atoms with Crippen LogP contribution in [0.1, 0.15) is 40.3 Å². The third kappa shape index (κ3) is 5.54. The molecule has 6 heteroatoms. The SMILES string of the molecule is COc1ccc(OC)c(C2CC(c3ccc(C)cc3C)=NN2C(=O)CN(C)Cc2ccccc2)c1. The van der Waals surface area contributed by atoms with E-state index in [0.29, 0.717) is 18.7 Å². The van der Waals surface area contributed by atoms with Crippen LogP contribution >= 0.6 is 0 Å². The summed E-state index contributed by atoms with van der Waals surface area (Å²) in [6.45, 7) is 5.10. The fraction of sp³-hybridized carbons (Fsp3) is 0.310. The average Bonchev–Trinajstić information content (AvgIpc) is 3.29. The number of nitrogens with zero attached hydrogens (tertiary/aromatic N) is 3. The van der Waals surface area contributed by atoms with E-state index in [0.717, 1.165) is 33.7 Å². The summed E-state index contributed by atoms with van der Waals surface area (Å²) in [4.78, 5) is 15.6. The van der Waals surface area contributed by atoms with E-state index in [9.17, 15) is 4.79 Å². The number of likely N-dealkylation sites (N-methyl/N-ethyl adjacent to an activating group) is 1. The molecule has 1 heterocycles. The van der Waals surface area contributed by atoms with Gasteiger partial charge >= 0.3 is 0 Å². The quantitative estimate of drug-likeness (QED) is 0.457. The van der Waals surface area contributed by atoms with E-state index >= 15 is 0 Å². The van der Waals surface area contributed by atoms with E-state index in [4.69, 9.17) is 14.6 Å². The molecule has 0 bridgehead atoms. The highest BCUT2D eigenvalue weighted by Crippen LogP contribution is 2.39. The van der Waals surface area contributed by atoms with Gasteiger partial charge in [0.2, 0.25) is 0 Å². The van der Waals surface area contributed by atoms with Crippen LogP contribution < -0.4 is 9.47 Å². The second kappa shape index (κ2) is 10.7. The van der Waals surface area contributed by atoms with Crippen LogP contribution in [0.3, 0.4) is 0 Å². The summed E-state index contributed by atoms with van der Waals surface area (Å²) in [7, 11) is 5.24. The molecule has 0 N–H and O–H groups in total. The van der Waals surface area contributed by atoms with Crippen LogP contribution in [0.2, 0.25) is 0 Å². The van der Waals surface area contributed by atoms with Crippen LogP contribution in [0.4, 0.5) is 0 Å². The van der Waals surface area contributed by atoms with Gasteiger partial charge in [-0.05, 0) is 50.2 Å². The van der Waals surface area contributed by atoms with Crippen molar-refractivity contribution in [1.29, 1.82) is 0 Å². The van der Waals surface area contributed by atoms with E-state index in [2.05, 4.69) is 44.2 Å². The fourth-order valence-corrected chi connectivity index (χ4v) is 4.64. The third-order valence-electron chi connectivity index (χ3n) is 6.36. The lowest BCUT2D eigenvalue weighted by atomic mass is 9.94. The topological polar surface area (TPSA) is 54.4 Å². The first-order valence-corrected chi connectivity index (χ1v) is 11.8. The molecule has 1 aliphatic rings. The Hall–Kier alpha value is -3.64. The minimum Gasteiger partial charge on any atom is -0.497 e. The highest BCUT2D eigenvalue weighted by Gasteiger charge is 2.35. The van der Waals surface area contributed by atoms with Crippen molar-refractivity contribution in [3.05, 3.63) is 94.5 Å². The van der Waals surface area contributed by atoms with Crippen molar-refractivity contribution in [3.8, 4) is 11.5 Å². The molecule has 0 fully saturated rings. The zero-order valence-corrected chi connectivity index (χ0v) is 21.1. The number of hydrogen-bond acceptors (Lipinski definition) is 5. The number of carbonyl (C=O) groups is 1. The summed E-state index contributed by atoms with van der Waals surface area (Å²) in [5.74, 6) is 1.37. The van der Waals surface area contributed by atoms with E-state index in [1.807, 2.05) is 48.3 Å². The van der Waals surface area contributed by atoms with Crippen LogP contribution in [0.15, 0.2) is 71.8 Å². The predicted molar refractivity (Wildman–Crippen MR) is 139 cm³/mol. The Morgan fingerprint density at radius 3 is 2.49 bits per heavy atom. The lowest BCUT2D eigenvalue weighted by Gasteiger charge is -2.26. The minimum atomic E-state index is -0.284. The lowest BCUT2D eigenvalue weighted by Crippen LogP contribution is -2.36. The van der Waals surface area contributed by atoms with Gasteiger partial charge in [0.25, 0.3) is 5.91 Å². The number of methoxy groups -OCH3 is 2. The smallest absolute Gasteiger partial charge is 0.257 e. The summed E-state index contributed by atoms with van der Waals surface area (Å²) in [6, 6.07) is 21.9. The zero-order valence-electron chi connectivity index (χ0n) is 21.1. The van der Waals surface area contributed by atoms with E-state index in [1.54, 1.807) is 19.2 Å². The predicted octanol–water partition coefficient (Wildman–Crippen LogP) is 5.13. The largest absolute Gasteiger partial charge is 0.497 e. The number of carbonyl (C=O) groups excluding carboxylic acids is 1. The Bertz CT molecular complexity index is 1220. The van der Waals surface area contributed by atoms with Gasteiger partial charge in [-0.15, -0.1) is 0 Å². The van der Waals surface area contributed by atoms with Gasteiger partial charge in [-0.25, -0.2) is 5.01 Å². The fourth-order valence-electron chi connectivity index (χ4n) is 4.64. The Morgan fingerprint density at radius 2 is 1.80 bits per heavy atom. The summed E-state index contributed by atoms with van der Waals surface area (Å²) in [5, 5.41) is 6.51. The van der Waals surface area contributed by atoms with Gasteiger partial charge in [-0.3, -0.25) is 9.69 Å². The van der Waals surface area contributed by atoms with E-state index < -0.39 is 0 Å². The van der Waals surface area contributed by atoms with Gasteiger partial charge in [0, 0.05) is 24.1 Å². The maximum atomic E-state index is 13.6. The van der Waals surface area contributed by atoms with Crippen molar-refractivity contribution in [3.63, 3.8) is 0 Å². The highest BCUT2D eigenvalue weighted by molar-refractivity contribution is 6.04. The lowest BCUT2D eigenvalue weighted by molar-refractivity contribution is -0.134. The van der Waals surface area contributed by atoms with Crippen molar-refractivity contribution < 1.29 is 14.3 Å². The number of rotatable bonds is 8. The minimum absolute atomic E-state index is 0.0573. The molecule has 3 aromatic rings.